The fourth-order valence-corrected chi connectivity index (χ4v) is 6.39. The number of nitrogens with one attached hydrogen (secondary N) is 1. The molecule has 3 heterocycles. The van der Waals surface area contributed by atoms with E-state index in [1.807, 2.05) is 6.33 Å². The number of aromatic nitrogens is 4. The van der Waals surface area contributed by atoms with Gasteiger partial charge >= 0.3 is 6.01 Å². The highest BCUT2D eigenvalue weighted by Crippen LogP contribution is 2.34. The lowest BCUT2D eigenvalue weighted by Gasteiger charge is -2.28. The van der Waals surface area contributed by atoms with Crippen molar-refractivity contribution in [3.63, 3.8) is 0 Å². The summed E-state index contributed by atoms with van der Waals surface area (Å²) in [5, 5.41) is 5.86. The van der Waals surface area contributed by atoms with Gasteiger partial charge in [-0.2, -0.15) is 9.97 Å². The number of morpholine rings is 1. The maximum Gasteiger partial charge on any atom is 0.326 e. The average Bonchev–Trinajstić information content (AvgIpc) is 3.52. The van der Waals surface area contributed by atoms with E-state index in [1.165, 1.54) is 30.3 Å². The fourth-order valence-electron chi connectivity index (χ4n) is 6.39. The lowest BCUT2D eigenvalue weighted by molar-refractivity contribution is 0.122. The van der Waals surface area contributed by atoms with Crippen molar-refractivity contribution in [2.45, 2.75) is 57.9 Å². The highest BCUT2D eigenvalue weighted by Gasteiger charge is 2.22. The molecule has 3 aromatic carbocycles. The van der Waals surface area contributed by atoms with Crippen molar-refractivity contribution in [3.8, 4) is 6.01 Å². The van der Waals surface area contributed by atoms with E-state index in [1.54, 1.807) is 0 Å². The molecule has 0 atom stereocenters. The molecule has 8 nitrogen and oxygen atoms in total. The topological polar surface area (TPSA) is 77.3 Å². The van der Waals surface area contributed by atoms with Gasteiger partial charge < -0.3 is 24.3 Å². The number of rotatable bonds is 9. The molecule has 44 heavy (non-hydrogen) atoms. The fraction of sp³-hybridized carbons (Fsp3) is 0.361. The van der Waals surface area contributed by atoms with Crippen LogP contribution in [-0.2, 0) is 4.74 Å². The maximum atomic E-state index is 6.65. The van der Waals surface area contributed by atoms with Gasteiger partial charge in [-0.15, -0.1) is 0 Å². The van der Waals surface area contributed by atoms with Crippen LogP contribution >= 0.6 is 0 Å². The summed E-state index contributed by atoms with van der Waals surface area (Å²) in [6, 6.07) is 23.9. The van der Waals surface area contributed by atoms with Gasteiger partial charge in [0.2, 0.25) is 0 Å². The smallest absolute Gasteiger partial charge is 0.326 e. The van der Waals surface area contributed by atoms with Crippen LogP contribution in [0.3, 0.4) is 0 Å². The molecular weight excluding hydrogens is 548 g/mol. The summed E-state index contributed by atoms with van der Waals surface area (Å²) >= 11 is 0. The zero-order valence-corrected chi connectivity index (χ0v) is 25.4. The van der Waals surface area contributed by atoms with E-state index in [0.717, 1.165) is 85.5 Å². The Labute approximate surface area is 258 Å². The Hall–Kier alpha value is -4.43. The second-order valence-electron chi connectivity index (χ2n) is 11.7. The molecule has 5 aromatic rings. The van der Waals surface area contributed by atoms with Gasteiger partial charge in [0.25, 0.3) is 0 Å². The number of hydrogen-bond acceptors (Lipinski definition) is 7. The molecule has 2 fully saturated rings. The van der Waals surface area contributed by atoms with Crippen molar-refractivity contribution in [1.29, 1.82) is 0 Å². The molecule has 0 radical (unpaired) electrons. The molecule has 7 rings (SSSR count). The van der Waals surface area contributed by atoms with E-state index >= 15 is 0 Å². The van der Waals surface area contributed by atoms with Crippen LogP contribution in [0.2, 0.25) is 0 Å². The molecule has 1 aliphatic carbocycles. The van der Waals surface area contributed by atoms with Gasteiger partial charge in [0, 0.05) is 36.1 Å². The molecule has 2 aromatic heterocycles. The molecule has 0 unspecified atom stereocenters. The first-order chi connectivity index (χ1) is 21.8. The number of unbranched alkanes of at least 4 members (excludes halogenated alkanes) is 1. The maximum absolute atomic E-state index is 6.65. The van der Waals surface area contributed by atoms with Gasteiger partial charge in [-0.1, -0.05) is 75.1 Å². The van der Waals surface area contributed by atoms with Crippen LogP contribution in [-0.4, -0.2) is 45.8 Å². The third-order valence-corrected chi connectivity index (χ3v) is 8.75. The Morgan fingerprint density at radius 2 is 1.75 bits per heavy atom. The number of hydrogen-bond donors (Lipinski definition) is 1. The summed E-state index contributed by atoms with van der Waals surface area (Å²) in [6.07, 6.45) is 12.0. The van der Waals surface area contributed by atoms with Crippen LogP contribution in [0.5, 0.6) is 6.01 Å². The van der Waals surface area contributed by atoms with E-state index in [9.17, 15) is 0 Å². The molecular formula is C36H40N6O2. The average molecular weight is 589 g/mol. The van der Waals surface area contributed by atoms with Crippen LogP contribution in [0.1, 0.15) is 63.5 Å². The number of fused-ring (bicyclic) bond motifs is 2. The minimum atomic E-state index is 0.317. The van der Waals surface area contributed by atoms with Crippen molar-refractivity contribution in [2.75, 3.05) is 36.5 Å². The Kier molecular flexibility index (Phi) is 8.41. The zero-order chi connectivity index (χ0) is 29.7. The molecule has 1 saturated carbocycles. The number of allylic oxidation sites excluding steroid dienone is 1. The molecule has 1 N–H and O–H groups in total. The second-order valence-corrected chi connectivity index (χ2v) is 11.7. The van der Waals surface area contributed by atoms with Crippen LogP contribution in [0, 0.1) is 0 Å². The van der Waals surface area contributed by atoms with Crippen molar-refractivity contribution >= 4 is 44.9 Å². The number of imidazole rings is 1. The van der Waals surface area contributed by atoms with Crippen LogP contribution in [0.4, 0.5) is 17.2 Å². The minimum absolute atomic E-state index is 0.317. The van der Waals surface area contributed by atoms with E-state index in [2.05, 4.69) is 94.5 Å². The summed E-state index contributed by atoms with van der Waals surface area (Å²) < 4.78 is 14.4. The molecule has 0 bridgehead atoms. The second kappa shape index (κ2) is 13.1. The quantitative estimate of drug-likeness (QED) is 0.174. The highest BCUT2D eigenvalue weighted by atomic mass is 16.5. The SMILES string of the molecule is CCCC=C(Oc1nc(Nc2ccc(N3CCOCC3)cc2)c2ncn(C3CCCCC3)c2n1)c1cccc2ccccc12. The molecule has 8 heteroatoms. The van der Waals surface area contributed by atoms with Gasteiger partial charge in [0.05, 0.1) is 19.5 Å². The van der Waals surface area contributed by atoms with Crippen molar-refractivity contribution in [3.05, 3.63) is 84.7 Å². The number of nitrogens with zero attached hydrogens (tertiary/aromatic N) is 5. The Balaban J connectivity index is 1.27. The Morgan fingerprint density at radius 3 is 2.57 bits per heavy atom. The third kappa shape index (κ3) is 5.99. The molecule has 1 aliphatic heterocycles. The summed E-state index contributed by atoms with van der Waals surface area (Å²) in [5.41, 5.74) is 4.73. The molecule has 226 valence electrons. The lowest BCUT2D eigenvalue weighted by atomic mass is 9.95. The first kappa shape index (κ1) is 28.3. The molecule has 0 amide bonds. The van der Waals surface area contributed by atoms with Crippen LogP contribution < -0.4 is 15.0 Å². The predicted octanol–water partition coefficient (Wildman–Crippen LogP) is 8.28. The van der Waals surface area contributed by atoms with Gasteiger partial charge in [-0.3, -0.25) is 0 Å². The minimum Gasteiger partial charge on any atom is -0.424 e. The number of ether oxygens (including phenoxy) is 2. The van der Waals surface area contributed by atoms with E-state index in [4.69, 9.17) is 24.4 Å². The van der Waals surface area contributed by atoms with Crippen molar-refractivity contribution in [1.82, 2.24) is 19.5 Å². The molecule has 1 saturated heterocycles. The van der Waals surface area contributed by atoms with Gasteiger partial charge in [0.15, 0.2) is 17.0 Å². The van der Waals surface area contributed by atoms with E-state index in [-0.39, 0.29) is 0 Å². The normalized spacial score (nSPS) is 16.5. The van der Waals surface area contributed by atoms with Gasteiger partial charge in [0.1, 0.15) is 5.76 Å². The standard InChI is InChI=1S/C36H40N6O2/c1-2-3-16-32(31-15-9-11-26-10-7-8-14-30(26)31)44-36-39-34(33-35(40-36)42(25-37-33)29-12-5-4-6-13-29)38-27-17-19-28(20-18-27)41-21-23-43-24-22-41/h7-11,14-20,25,29H,2-6,12-13,21-24H2,1H3,(H,38,39,40). The first-order valence-corrected chi connectivity index (χ1v) is 16.1. The molecule has 0 spiro atoms. The van der Waals surface area contributed by atoms with E-state index in [0.29, 0.717) is 17.9 Å². The summed E-state index contributed by atoms with van der Waals surface area (Å²) in [4.78, 5) is 17.1. The van der Waals surface area contributed by atoms with Crippen LogP contribution in [0.15, 0.2) is 79.1 Å². The monoisotopic (exact) mass is 588 g/mol. The third-order valence-electron chi connectivity index (χ3n) is 8.75. The van der Waals surface area contributed by atoms with Gasteiger partial charge in [-0.25, -0.2) is 4.98 Å². The van der Waals surface area contributed by atoms with Crippen molar-refractivity contribution in [2.24, 2.45) is 0 Å². The first-order valence-electron chi connectivity index (χ1n) is 16.1. The zero-order valence-electron chi connectivity index (χ0n) is 25.4. The summed E-state index contributed by atoms with van der Waals surface area (Å²) in [7, 11) is 0. The Bertz CT molecular complexity index is 1750. The van der Waals surface area contributed by atoms with Gasteiger partial charge in [-0.05, 0) is 60.4 Å². The van der Waals surface area contributed by atoms with Crippen LogP contribution in [0.25, 0.3) is 27.7 Å². The van der Waals surface area contributed by atoms with E-state index < -0.39 is 0 Å². The number of anilines is 3. The molecule has 2 aliphatic rings. The summed E-state index contributed by atoms with van der Waals surface area (Å²) in [5.74, 6) is 1.42. The van der Waals surface area contributed by atoms with Crippen molar-refractivity contribution < 1.29 is 9.47 Å². The predicted molar refractivity (Wildman–Crippen MR) is 178 cm³/mol. The lowest BCUT2D eigenvalue weighted by Crippen LogP contribution is -2.36. The highest BCUT2D eigenvalue weighted by molar-refractivity contribution is 5.93. The largest absolute Gasteiger partial charge is 0.424 e. The Morgan fingerprint density at radius 1 is 0.955 bits per heavy atom. The summed E-state index contributed by atoms with van der Waals surface area (Å²) in [6.45, 7) is 5.51. The number of benzene rings is 3.